The lowest BCUT2D eigenvalue weighted by molar-refractivity contribution is -0.387. The van der Waals surface area contributed by atoms with Crippen molar-refractivity contribution in [2.75, 3.05) is 0 Å². The summed E-state index contributed by atoms with van der Waals surface area (Å²) in [5.74, 6) is -1.26. The maximum absolute atomic E-state index is 10.8. The summed E-state index contributed by atoms with van der Waals surface area (Å²) in [4.78, 5) is 20.6. The zero-order chi connectivity index (χ0) is 12.5. The summed E-state index contributed by atoms with van der Waals surface area (Å²) in [6, 6.07) is 2.14. The van der Waals surface area contributed by atoms with Gasteiger partial charge in [-0.15, -0.1) is 12.6 Å². The Labute approximate surface area is 96.1 Å². The highest BCUT2D eigenvalue weighted by Gasteiger charge is 2.23. The molecular formula is C9H9NO5S. The van der Waals surface area contributed by atoms with Crippen LogP contribution in [0.4, 0.5) is 5.69 Å². The van der Waals surface area contributed by atoms with Gasteiger partial charge in [-0.25, -0.2) is 4.79 Å². The van der Waals surface area contributed by atoms with Gasteiger partial charge in [0.2, 0.25) is 0 Å². The van der Waals surface area contributed by atoms with Gasteiger partial charge in [-0.05, 0) is 13.0 Å². The molecule has 1 rings (SSSR count). The normalized spacial score (nSPS) is 12.2. The summed E-state index contributed by atoms with van der Waals surface area (Å²) in [5, 5.41) is 28.9. The molecule has 2 N–H and O–H groups in total. The number of aliphatic hydroxyl groups excluding tert-OH is 1. The van der Waals surface area contributed by atoms with Gasteiger partial charge in [-0.2, -0.15) is 0 Å². The summed E-state index contributed by atoms with van der Waals surface area (Å²) in [5.41, 5.74) is -0.570. The number of nitro groups is 1. The average molecular weight is 243 g/mol. The molecule has 0 radical (unpaired) electrons. The van der Waals surface area contributed by atoms with Gasteiger partial charge in [0.05, 0.1) is 21.5 Å². The molecule has 7 heteroatoms. The van der Waals surface area contributed by atoms with E-state index in [1.165, 1.54) is 6.92 Å². The van der Waals surface area contributed by atoms with Crippen LogP contribution < -0.4 is 0 Å². The second kappa shape index (κ2) is 4.50. The molecule has 1 atom stereocenters. The SMILES string of the molecule is CC(O)c1c(C(=O)O)ccc([N+](=O)[O-])c1S. The standard InChI is InChI=1S/C9H9NO5S/c1-4(11)7-5(9(12)13)2-3-6(8(7)16)10(14)15/h2-4,11,16H,1H3,(H,12,13). The molecule has 0 fully saturated rings. The van der Waals surface area contributed by atoms with Gasteiger partial charge in [0.15, 0.2) is 0 Å². The predicted molar refractivity (Wildman–Crippen MR) is 57.9 cm³/mol. The average Bonchev–Trinajstić information content (AvgIpc) is 2.15. The first-order valence-electron chi connectivity index (χ1n) is 4.28. The van der Waals surface area contributed by atoms with E-state index in [-0.39, 0.29) is 21.7 Å². The molecule has 6 nitrogen and oxygen atoms in total. The number of benzene rings is 1. The molecule has 0 aliphatic heterocycles. The Morgan fingerprint density at radius 3 is 2.50 bits per heavy atom. The van der Waals surface area contributed by atoms with E-state index in [2.05, 4.69) is 12.6 Å². The molecule has 0 heterocycles. The number of hydrogen-bond donors (Lipinski definition) is 3. The van der Waals surface area contributed by atoms with Gasteiger partial charge in [-0.1, -0.05) is 0 Å². The maximum atomic E-state index is 10.8. The minimum atomic E-state index is -1.26. The van der Waals surface area contributed by atoms with Crippen molar-refractivity contribution < 1.29 is 19.9 Å². The Bertz CT molecular complexity index is 457. The molecule has 1 aromatic rings. The Kier molecular flexibility index (Phi) is 3.51. The van der Waals surface area contributed by atoms with Crippen molar-refractivity contribution >= 4 is 24.3 Å². The molecule has 0 aliphatic rings. The Hall–Kier alpha value is -1.60. The fourth-order valence-corrected chi connectivity index (χ4v) is 1.82. The second-order valence-corrected chi connectivity index (χ2v) is 3.58. The van der Waals surface area contributed by atoms with E-state index in [1.54, 1.807) is 0 Å². The molecule has 0 bridgehead atoms. The first kappa shape index (κ1) is 12.5. The van der Waals surface area contributed by atoms with Crippen LogP contribution in [0, 0.1) is 10.1 Å². The summed E-state index contributed by atoms with van der Waals surface area (Å²) in [7, 11) is 0. The number of aromatic carboxylic acids is 1. The predicted octanol–water partition coefficient (Wildman–Crippen LogP) is 1.63. The van der Waals surface area contributed by atoms with E-state index < -0.39 is 17.0 Å². The van der Waals surface area contributed by atoms with Crippen LogP contribution in [0.3, 0.4) is 0 Å². The van der Waals surface area contributed by atoms with E-state index >= 15 is 0 Å². The number of thiol groups is 1. The van der Waals surface area contributed by atoms with Crippen LogP contribution in [0.1, 0.15) is 28.9 Å². The summed E-state index contributed by atoms with van der Waals surface area (Å²) in [6.07, 6.45) is -1.14. The molecule has 86 valence electrons. The van der Waals surface area contributed by atoms with Crippen molar-refractivity contribution in [1.82, 2.24) is 0 Å². The lowest BCUT2D eigenvalue weighted by atomic mass is 10.0. The van der Waals surface area contributed by atoms with Crippen LogP contribution in [0.5, 0.6) is 0 Å². The molecule has 16 heavy (non-hydrogen) atoms. The van der Waals surface area contributed by atoms with Crippen LogP contribution in [0.25, 0.3) is 0 Å². The van der Waals surface area contributed by atoms with E-state index in [4.69, 9.17) is 5.11 Å². The fraction of sp³-hybridized carbons (Fsp3) is 0.222. The smallest absolute Gasteiger partial charge is 0.336 e. The zero-order valence-corrected chi connectivity index (χ0v) is 9.14. The number of aliphatic hydroxyl groups is 1. The fourth-order valence-electron chi connectivity index (χ4n) is 1.35. The minimum absolute atomic E-state index is 0.0509. The van der Waals surface area contributed by atoms with Gasteiger partial charge in [-0.3, -0.25) is 10.1 Å². The number of carboxylic acid groups (broad SMARTS) is 1. The highest BCUT2D eigenvalue weighted by Crippen LogP contribution is 2.33. The molecule has 1 unspecified atom stereocenters. The van der Waals surface area contributed by atoms with Gasteiger partial charge in [0, 0.05) is 11.6 Å². The molecule has 0 spiro atoms. The largest absolute Gasteiger partial charge is 0.478 e. The van der Waals surface area contributed by atoms with Gasteiger partial charge >= 0.3 is 5.97 Å². The third-order valence-corrected chi connectivity index (χ3v) is 2.51. The first-order chi connectivity index (χ1) is 7.36. The van der Waals surface area contributed by atoms with Crippen molar-refractivity contribution in [3.05, 3.63) is 33.4 Å². The summed E-state index contributed by atoms with van der Waals surface area (Å²) >= 11 is 3.89. The van der Waals surface area contributed by atoms with E-state index in [0.29, 0.717) is 0 Å². The third kappa shape index (κ3) is 2.15. The third-order valence-electron chi connectivity index (χ3n) is 2.04. The lowest BCUT2D eigenvalue weighted by Gasteiger charge is -2.11. The van der Waals surface area contributed by atoms with E-state index in [9.17, 15) is 20.0 Å². The minimum Gasteiger partial charge on any atom is -0.478 e. The van der Waals surface area contributed by atoms with Crippen molar-refractivity contribution in [1.29, 1.82) is 0 Å². The number of nitro benzene ring substituents is 1. The maximum Gasteiger partial charge on any atom is 0.336 e. The van der Waals surface area contributed by atoms with Gasteiger partial charge < -0.3 is 10.2 Å². The van der Waals surface area contributed by atoms with Crippen LogP contribution in [-0.2, 0) is 0 Å². The van der Waals surface area contributed by atoms with Gasteiger partial charge in [0.1, 0.15) is 0 Å². The zero-order valence-electron chi connectivity index (χ0n) is 8.25. The van der Waals surface area contributed by atoms with Crippen LogP contribution >= 0.6 is 12.6 Å². The van der Waals surface area contributed by atoms with Crippen LogP contribution in [-0.4, -0.2) is 21.1 Å². The second-order valence-electron chi connectivity index (χ2n) is 3.13. The molecule has 0 saturated heterocycles. The molecule has 0 aromatic heterocycles. The highest BCUT2D eigenvalue weighted by molar-refractivity contribution is 7.80. The molecular weight excluding hydrogens is 234 g/mol. The van der Waals surface area contributed by atoms with E-state index in [0.717, 1.165) is 12.1 Å². The van der Waals surface area contributed by atoms with Crippen LogP contribution in [0.15, 0.2) is 17.0 Å². The van der Waals surface area contributed by atoms with Crippen molar-refractivity contribution in [3.63, 3.8) is 0 Å². The number of carbonyl (C=O) groups is 1. The van der Waals surface area contributed by atoms with Gasteiger partial charge in [0.25, 0.3) is 5.69 Å². The summed E-state index contributed by atoms with van der Waals surface area (Å²) in [6.45, 7) is 1.32. The van der Waals surface area contributed by atoms with Crippen molar-refractivity contribution in [3.8, 4) is 0 Å². The Morgan fingerprint density at radius 2 is 2.12 bits per heavy atom. The van der Waals surface area contributed by atoms with E-state index in [1.807, 2.05) is 0 Å². The number of nitrogens with zero attached hydrogens (tertiary/aromatic N) is 1. The molecule has 0 aliphatic carbocycles. The molecule has 0 saturated carbocycles. The number of carboxylic acids is 1. The summed E-state index contributed by atoms with van der Waals surface area (Å²) < 4.78 is 0. The van der Waals surface area contributed by atoms with Crippen LogP contribution in [0.2, 0.25) is 0 Å². The van der Waals surface area contributed by atoms with Crippen molar-refractivity contribution in [2.45, 2.75) is 17.9 Å². The number of hydrogen-bond acceptors (Lipinski definition) is 5. The monoisotopic (exact) mass is 243 g/mol. The highest BCUT2D eigenvalue weighted by atomic mass is 32.1. The lowest BCUT2D eigenvalue weighted by Crippen LogP contribution is -2.07. The quantitative estimate of drug-likeness (QED) is 0.425. The Balaban J connectivity index is 3.54. The Morgan fingerprint density at radius 1 is 1.56 bits per heavy atom. The molecule has 0 amide bonds. The molecule has 1 aromatic carbocycles. The topological polar surface area (TPSA) is 101 Å². The first-order valence-corrected chi connectivity index (χ1v) is 4.72. The number of rotatable bonds is 3. The van der Waals surface area contributed by atoms with Crippen molar-refractivity contribution in [2.24, 2.45) is 0 Å².